The largest absolute Gasteiger partial charge is 0.327 e. The van der Waals surface area contributed by atoms with Gasteiger partial charge in [-0.1, -0.05) is 0 Å². The first-order valence-electron chi connectivity index (χ1n) is 9.94. The van der Waals surface area contributed by atoms with Crippen molar-refractivity contribution in [3.63, 3.8) is 0 Å². The average Bonchev–Trinajstić information content (AvgIpc) is 3.45. The Balaban J connectivity index is 1.42. The molecular formula is C22H15F4N5OS. The molecule has 1 amide bonds. The Morgan fingerprint density at radius 2 is 1.73 bits per heavy atom. The lowest BCUT2D eigenvalue weighted by Crippen LogP contribution is -2.41. The van der Waals surface area contributed by atoms with E-state index in [9.17, 15) is 22.4 Å². The zero-order valence-electron chi connectivity index (χ0n) is 17.1. The summed E-state index contributed by atoms with van der Waals surface area (Å²) in [5.41, 5.74) is 1.08. The van der Waals surface area contributed by atoms with Gasteiger partial charge in [0.15, 0.2) is 29.1 Å². The summed E-state index contributed by atoms with van der Waals surface area (Å²) in [6, 6.07) is 6.84. The molecule has 1 aliphatic heterocycles. The fourth-order valence-corrected chi connectivity index (χ4v) is 4.60. The van der Waals surface area contributed by atoms with Gasteiger partial charge in [-0.2, -0.15) is 0 Å². The van der Waals surface area contributed by atoms with E-state index in [0.29, 0.717) is 41.0 Å². The molecule has 0 fully saturated rings. The van der Waals surface area contributed by atoms with Crippen LogP contribution in [0.15, 0.2) is 41.8 Å². The van der Waals surface area contributed by atoms with Crippen molar-refractivity contribution < 1.29 is 22.4 Å². The standard InChI is InChI=1S/C22H15F4N5OS/c1-11-19-28-29-20(17-10-33-21(27-17)12-2-4-14(23)5-3-12)31(19)7-6-30(11)22(32)13-8-15(24)18(26)16(25)9-13/h2-5,8-11H,6-7H2,1H3. The minimum Gasteiger partial charge on any atom is -0.327 e. The van der Waals surface area contributed by atoms with Crippen molar-refractivity contribution >= 4 is 17.2 Å². The van der Waals surface area contributed by atoms with Crippen LogP contribution in [0, 0.1) is 23.3 Å². The van der Waals surface area contributed by atoms with Gasteiger partial charge in [-0.15, -0.1) is 21.5 Å². The van der Waals surface area contributed by atoms with Crippen molar-refractivity contribution in [1.82, 2.24) is 24.6 Å². The molecule has 1 unspecified atom stereocenters. The number of thiazole rings is 1. The second kappa shape index (κ2) is 8.07. The maximum absolute atomic E-state index is 13.6. The molecule has 0 bridgehead atoms. The smallest absolute Gasteiger partial charge is 0.254 e. The molecule has 11 heteroatoms. The van der Waals surface area contributed by atoms with Gasteiger partial charge in [-0.25, -0.2) is 22.5 Å². The number of amides is 1. The molecule has 168 valence electrons. The molecule has 2 aromatic heterocycles. The Labute approximate surface area is 189 Å². The fraction of sp³-hybridized carbons (Fsp3) is 0.182. The summed E-state index contributed by atoms with van der Waals surface area (Å²) in [4.78, 5) is 18.9. The Kier molecular flexibility index (Phi) is 5.20. The summed E-state index contributed by atoms with van der Waals surface area (Å²) in [6.45, 7) is 2.29. The molecule has 0 spiro atoms. The van der Waals surface area contributed by atoms with E-state index in [1.807, 2.05) is 9.95 Å². The second-order valence-corrected chi connectivity index (χ2v) is 8.36. The lowest BCUT2D eigenvalue weighted by molar-refractivity contribution is 0.0637. The van der Waals surface area contributed by atoms with Gasteiger partial charge >= 0.3 is 0 Å². The van der Waals surface area contributed by atoms with Crippen LogP contribution in [0.2, 0.25) is 0 Å². The van der Waals surface area contributed by atoms with E-state index < -0.39 is 29.4 Å². The summed E-state index contributed by atoms with van der Waals surface area (Å²) >= 11 is 1.38. The normalized spacial score (nSPS) is 15.5. The molecule has 0 saturated heterocycles. The number of fused-ring (bicyclic) bond motifs is 1. The van der Waals surface area contributed by atoms with Crippen LogP contribution in [-0.4, -0.2) is 37.1 Å². The molecule has 2 aromatic carbocycles. The molecule has 0 radical (unpaired) electrons. The lowest BCUT2D eigenvalue weighted by Gasteiger charge is -2.33. The van der Waals surface area contributed by atoms with E-state index in [0.717, 1.165) is 5.56 Å². The Morgan fingerprint density at radius 3 is 2.42 bits per heavy atom. The highest BCUT2D eigenvalue weighted by atomic mass is 32.1. The molecule has 4 aromatic rings. The number of hydrogen-bond acceptors (Lipinski definition) is 5. The molecule has 1 atom stereocenters. The molecule has 1 aliphatic rings. The zero-order valence-corrected chi connectivity index (χ0v) is 17.9. The van der Waals surface area contributed by atoms with E-state index in [2.05, 4.69) is 15.2 Å². The summed E-state index contributed by atoms with van der Waals surface area (Å²) in [5, 5.41) is 11.0. The van der Waals surface area contributed by atoms with E-state index in [-0.39, 0.29) is 17.9 Å². The average molecular weight is 473 g/mol. The van der Waals surface area contributed by atoms with Crippen molar-refractivity contribution in [2.24, 2.45) is 0 Å². The Bertz CT molecular complexity index is 1340. The molecule has 0 saturated carbocycles. The number of aromatic nitrogens is 4. The first-order valence-corrected chi connectivity index (χ1v) is 10.8. The van der Waals surface area contributed by atoms with Gasteiger partial charge < -0.3 is 9.47 Å². The molecular weight excluding hydrogens is 458 g/mol. The monoisotopic (exact) mass is 473 g/mol. The first kappa shape index (κ1) is 21.3. The molecule has 3 heterocycles. The number of carbonyl (C=O) groups excluding carboxylic acids is 1. The van der Waals surface area contributed by atoms with Crippen molar-refractivity contribution in [2.75, 3.05) is 6.54 Å². The van der Waals surface area contributed by atoms with E-state index >= 15 is 0 Å². The highest BCUT2D eigenvalue weighted by Gasteiger charge is 2.33. The highest BCUT2D eigenvalue weighted by Crippen LogP contribution is 2.32. The van der Waals surface area contributed by atoms with Crippen molar-refractivity contribution in [2.45, 2.75) is 19.5 Å². The van der Waals surface area contributed by atoms with Crippen LogP contribution in [-0.2, 0) is 6.54 Å². The third kappa shape index (κ3) is 3.67. The topological polar surface area (TPSA) is 63.9 Å². The SMILES string of the molecule is CC1c2nnc(-c3csc(-c4ccc(F)cc4)n3)n2CCN1C(=O)c1cc(F)c(F)c(F)c1. The molecule has 0 N–H and O–H groups in total. The van der Waals surface area contributed by atoms with Crippen LogP contribution < -0.4 is 0 Å². The lowest BCUT2D eigenvalue weighted by atomic mass is 10.1. The quantitative estimate of drug-likeness (QED) is 0.316. The summed E-state index contributed by atoms with van der Waals surface area (Å²) in [5.74, 6) is -4.42. The first-order chi connectivity index (χ1) is 15.8. The summed E-state index contributed by atoms with van der Waals surface area (Å²) in [6.07, 6.45) is 0. The van der Waals surface area contributed by atoms with Crippen LogP contribution in [0.3, 0.4) is 0 Å². The van der Waals surface area contributed by atoms with Gasteiger partial charge in [-0.05, 0) is 43.3 Å². The third-order valence-electron chi connectivity index (χ3n) is 5.50. The number of benzene rings is 2. The Morgan fingerprint density at radius 1 is 1.03 bits per heavy atom. The molecule has 33 heavy (non-hydrogen) atoms. The van der Waals surface area contributed by atoms with Crippen molar-refractivity contribution in [1.29, 1.82) is 0 Å². The number of halogens is 4. The van der Waals surface area contributed by atoms with Gasteiger partial charge in [0.1, 0.15) is 16.5 Å². The number of nitrogens with zero attached hydrogens (tertiary/aromatic N) is 5. The summed E-state index contributed by atoms with van der Waals surface area (Å²) < 4.78 is 55.5. The zero-order chi connectivity index (χ0) is 23.3. The van der Waals surface area contributed by atoms with Crippen molar-refractivity contribution in [3.8, 4) is 22.1 Å². The number of hydrogen-bond donors (Lipinski definition) is 0. The van der Waals surface area contributed by atoms with Crippen LogP contribution in [0.5, 0.6) is 0 Å². The van der Waals surface area contributed by atoms with Crippen LogP contribution >= 0.6 is 11.3 Å². The van der Waals surface area contributed by atoms with Gasteiger partial charge in [0.05, 0.1) is 6.04 Å². The van der Waals surface area contributed by atoms with Gasteiger partial charge in [0, 0.05) is 29.6 Å². The number of carbonyl (C=O) groups is 1. The maximum Gasteiger partial charge on any atom is 0.254 e. The molecule has 0 aliphatic carbocycles. The van der Waals surface area contributed by atoms with Crippen LogP contribution in [0.25, 0.3) is 22.1 Å². The van der Waals surface area contributed by atoms with Crippen LogP contribution in [0.1, 0.15) is 29.1 Å². The predicted molar refractivity (Wildman–Crippen MR) is 112 cm³/mol. The van der Waals surface area contributed by atoms with Gasteiger partial charge in [-0.3, -0.25) is 4.79 Å². The predicted octanol–water partition coefficient (Wildman–Crippen LogP) is 4.84. The minimum atomic E-state index is -1.62. The number of rotatable bonds is 3. The second-order valence-electron chi connectivity index (χ2n) is 7.51. The summed E-state index contributed by atoms with van der Waals surface area (Å²) in [7, 11) is 0. The van der Waals surface area contributed by atoms with Gasteiger partial charge in [0.2, 0.25) is 0 Å². The fourth-order valence-electron chi connectivity index (χ4n) is 3.80. The van der Waals surface area contributed by atoms with E-state index in [4.69, 9.17) is 0 Å². The van der Waals surface area contributed by atoms with E-state index in [1.165, 1.54) is 28.4 Å². The molecule has 6 nitrogen and oxygen atoms in total. The van der Waals surface area contributed by atoms with Crippen LogP contribution in [0.4, 0.5) is 17.6 Å². The van der Waals surface area contributed by atoms with E-state index in [1.54, 1.807) is 19.1 Å². The van der Waals surface area contributed by atoms with Gasteiger partial charge in [0.25, 0.3) is 5.91 Å². The third-order valence-corrected chi connectivity index (χ3v) is 6.39. The highest BCUT2D eigenvalue weighted by molar-refractivity contribution is 7.13. The Hall–Kier alpha value is -3.60. The maximum atomic E-state index is 13.6. The van der Waals surface area contributed by atoms with Crippen molar-refractivity contribution in [3.05, 3.63) is 76.4 Å². The molecule has 5 rings (SSSR count). The minimum absolute atomic E-state index is 0.230.